The number of aryl methyl sites for hydroxylation is 1. The molecule has 7 aromatic rings. The Morgan fingerprint density at radius 2 is 0.923 bits per heavy atom. The largest absolute Gasteiger partial charge is 0.356 e. The summed E-state index contributed by atoms with van der Waals surface area (Å²) in [7, 11) is 0. The third kappa shape index (κ3) is 6.77. The van der Waals surface area contributed by atoms with Crippen LogP contribution in [0.2, 0.25) is 0 Å². The highest BCUT2D eigenvalue weighted by Crippen LogP contribution is 2.47. The lowest BCUT2D eigenvalue weighted by atomic mass is 9.88. The zero-order valence-electron chi connectivity index (χ0n) is 29.3. The Morgan fingerprint density at radius 3 is 1.48 bits per heavy atom. The van der Waals surface area contributed by atoms with Gasteiger partial charge in [0.2, 0.25) is 0 Å². The van der Waals surface area contributed by atoms with E-state index in [9.17, 15) is 0 Å². The molecule has 1 aliphatic carbocycles. The first-order chi connectivity index (χ1) is 25.7. The third-order valence-electron chi connectivity index (χ3n) is 9.73. The molecule has 0 heterocycles. The molecule has 252 valence electrons. The molecular weight excluding hydrogens is 631 g/mol. The summed E-state index contributed by atoms with van der Waals surface area (Å²) in [6, 6.07) is 69.1. The van der Waals surface area contributed by atoms with Crippen LogP contribution in [0.4, 0.5) is 34.1 Å². The van der Waals surface area contributed by atoms with Crippen LogP contribution >= 0.6 is 0 Å². The van der Waals surface area contributed by atoms with Crippen LogP contribution in [0.5, 0.6) is 0 Å². The van der Waals surface area contributed by atoms with E-state index in [1.807, 2.05) is 18.2 Å². The van der Waals surface area contributed by atoms with E-state index in [1.165, 1.54) is 27.8 Å². The topological polar surface area (TPSA) is 18.5 Å². The van der Waals surface area contributed by atoms with Crippen LogP contribution in [0.15, 0.2) is 212 Å². The maximum Gasteiger partial charge on any atom is 0.145 e. The maximum absolute atomic E-state index is 3.50. The molecule has 3 heteroatoms. The monoisotopic (exact) mass is 671 g/mol. The van der Waals surface area contributed by atoms with Crippen molar-refractivity contribution < 1.29 is 0 Å². The van der Waals surface area contributed by atoms with E-state index in [0.717, 1.165) is 40.5 Å². The summed E-state index contributed by atoms with van der Waals surface area (Å²) in [6.45, 7) is 2.17. The number of nitrogens with zero attached hydrogens (tertiary/aromatic N) is 2. The lowest BCUT2D eigenvalue weighted by Crippen LogP contribution is -2.57. The third-order valence-corrected chi connectivity index (χ3v) is 9.73. The van der Waals surface area contributed by atoms with Crippen molar-refractivity contribution in [2.75, 3.05) is 15.1 Å². The lowest BCUT2D eigenvalue weighted by Gasteiger charge is -2.52. The van der Waals surface area contributed by atoms with Crippen molar-refractivity contribution in [3.8, 4) is 11.1 Å². The van der Waals surface area contributed by atoms with Gasteiger partial charge < -0.3 is 15.1 Å². The number of rotatable bonds is 10. The highest BCUT2D eigenvalue weighted by Gasteiger charge is 2.43. The summed E-state index contributed by atoms with van der Waals surface area (Å²) in [4.78, 5) is 5.02. The zero-order valence-corrected chi connectivity index (χ0v) is 29.3. The fourth-order valence-corrected chi connectivity index (χ4v) is 7.25. The number of anilines is 6. The van der Waals surface area contributed by atoms with Gasteiger partial charge in [-0.3, -0.25) is 0 Å². The van der Waals surface area contributed by atoms with Crippen LogP contribution < -0.4 is 15.1 Å². The van der Waals surface area contributed by atoms with Crippen LogP contribution in [0, 0.1) is 6.92 Å². The first kappa shape index (κ1) is 32.6. The number of hydrogen-bond acceptors (Lipinski definition) is 3. The molecule has 8 rings (SSSR count). The van der Waals surface area contributed by atoms with E-state index in [0.29, 0.717) is 0 Å². The first-order valence-corrected chi connectivity index (χ1v) is 17.9. The summed E-state index contributed by atoms with van der Waals surface area (Å²) < 4.78 is 0. The molecule has 0 spiro atoms. The SMILES string of the molecule is Cc1cccc(N(c2ccccc2)C2(N(c3ccccc3)c3ccc(-c4ccc(Nc5ccccc5)cc4)cc3)C=CC(c3ccccc3)=CC2)c1. The predicted molar refractivity (Wildman–Crippen MR) is 221 cm³/mol. The van der Waals surface area contributed by atoms with E-state index >= 15 is 0 Å². The highest BCUT2D eigenvalue weighted by molar-refractivity contribution is 5.82. The van der Waals surface area contributed by atoms with Gasteiger partial charge in [0.25, 0.3) is 0 Å². The van der Waals surface area contributed by atoms with Crippen LogP contribution in [0.1, 0.15) is 17.5 Å². The number of para-hydroxylation sites is 3. The van der Waals surface area contributed by atoms with E-state index in [1.54, 1.807) is 0 Å². The maximum atomic E-state index is 3.50. The molecule has 0 bridgehead atoms. The molecule has 0 aromatic heterocycles. The van der Waals surface area contributed by atoms with Crippen molar-refractivity contribution >= 4 is 39.7 Å². The molecule has 1 atom stereocenters. The Labute approximate surface area is 307 Å². The van der Waals surface area contributed by atoms with Gasteiger partial charge in [-0.05, 0) is 114 Å². The molecule has 0 aliphatic heterocycles. The molecule has 1 aliphatic rings. The second kappa shape index (κ2) is 14.7. The Hall–Kier alpha value is -6.58. The Bertz CT molecular complexity index is 2280. The fourth-order valence-electron chi connectivity index (χ4n) is 7.25. The summed E-state index contributed by atoms with van der Waals surface area (Å²) in [6.07, 6.45) is 7.85. The van der Waals surface area contributed by atoms with Gasteiger partial charge in [0.05, 0.1) is 0 Å². The molecule has 0 saturated heterocycles. The van der Waals surface area contributed by atoms with Crippen molar-refractivity contribution in [1.29, 1.82) is 0 Å². The lowest BCUT2D eigenvalue weighted by molar-refractivity contribution is 0.526. The first-order valence-electron chi connectivity index (χ1n) is 17.9. The molecule has 1 unspecified atom stereocenters. The fraction of sp³-hybridized carbons (Fsp3) is 0.0612. The van der Waals surface area contributed by atoms with Gasteiger partial charge in [0, 0.05) is 40.5 Å². The molecule has 3 nitrogen and oxygen atoms in total. The van der Waals surface area contributed by atoms with E-state index in [2.05, 4.69) is 216 Å². The van der Waals surface area contributed by atoms with E-state index in [-0.39, 0.29) is 0 Å². The standard InChI is InChI=1S/C49H41N3/c1-38-15-14-24-48(37-38)52(46-22-12-5-13-23-46)49(35-33-42(34-36-49)39-16-6-2-7-17-39)51(45-20-10-4-11-21-45)47-31-27-41(28-32-47)40-25-29-44(30-26-40)50-43-18-8-3-9-19-43/h2-35,37,50H,36H2,1H3. The summed E-state index contributed by atoms with van der Waals surface area (Å²) >= 11 is 0. The predicted octanol–water partition coefficient (Wildman–Crippen LogP) is 13.1. The molecule has 0 radical (unpaired) electrons. The molecule has 0 fully saturated rings. The number of benzene rings is 7. The van der Waals surface area contributed by atoms with Crippen LogP contribution in [-0.4, -0.2) is 5.66 Å². The van der Waals surface area contributed by atoms with Crippen molar-refractivity contribution in [2.45, 2.75) is 19.0 Å². The van der Waals surface area contributed by atoms with Gasteiger partial charge in [-0.25, -0.2) is 0 Å². The number of hydrogen-bond donors (Lipinski definition) is 1. The normalized spacial score (nSPS) is 15.1. The van der Waals surface area contributed by atoms with Crippen LogP contribution in [0.3, 0.4) is 0 Å². The smallest absolute Gasteiger partial charge is 0.145 e. The molecule has 1 N–H and O–H groups in total. The minimum Gasteiger partial charge on any atom is -0.356 e. The second-order valence-electron chi connectivity index (χ2n) is 13.2. The number of nitrogens with one attached hydrogen (secondary N) is 1. The van der Waals surface area contributed by atoms with Crippen molar-refractivity contribution in [3.05, 3.63) is 223 Å². The summed E-state index contributed by atoms with van der Waals surface area (Å²) in [5, 5.41) is 3.50. The molecule has 7 aromatic carbocycles. The highest BCUT2D eigenvalue weighted by atomic mass is 15.4. The van der Waals surface area contributed by atoms with E-state index in [4.69, 9.17) is 0 Å². The van der Waals surface area contributed by atoms with Gasteiger partial charge in [0.15, 0.2) is 0 Å². The van der Waals surface area contributed by atoms with Crippen molar-refractivity contribution in [2.24, 2.45) is 0 Å². The van der Waals surface area contributed by atoms with Gasteiger partial charge >= 0.3 is 0 Å². The zero-order chi connectivity index (χ0) is 35.2. The Balaban J connectivity index is 1.25. The number of allylic oxidation sites excluding steroid dienone is 2. The van der Waals surface area contributed by atoms with Gasteiger partial charge in [-0.2, -0.15) is 0 Å². The molecule has 52 heavy (non-hydrogen) atoms. The second-order valence-corrected chi connectivity index (χ2v) is 13.2. The van der Waals surface area contributed by atoms with Crippen molar-refractivity contribution in [1.82, 2.24) is 0 Å². The minimum atomic E-state index is -0.638. The summed E-state index contributed by atoms with van der Waals surface area (Å²) in [5.41, 5.74) is 12.0. The van der Waals surface area contributed by atoms with E-state index < -0.39 is 5.66 Å². The molecule has 0 saturated carbocycles. The minimum absolute atomic E-state index is 0.638. The Kier molecular flexibility index (Phi) is 9.23. The van der Waals surface area contributed by atoms with Crippen LogP contribution in [-0.2, 0) is 0 Å². The summed E-state index contributed by atoms with van der Waals surface area (Å²) in [5.74, 6) is 0. The molecule has 0 amide bonds. The Morgan fingerprint density at radius 1 is 0.442 bits per heavy atom. The van der Waals surface area contributed by atoms with Crippen molar-refractivity contribution in [3.63, 3.8) is 0 Å². The molecular formula is C49H41N3. The van der Waals surface area contributed by atoms with Gasteiger partial charge in [-0.1, -0.05) is 133 Å². The van der Waals surface area contributed by atoms with Gasteiger partial charge in [-0.15, -0.1) is 0 Å². The quantitative estimate of drug-likeness (QED) is 0.146. The van der Waals surface area contributed by atoms with Crippen LogP contribution in [0.25, 0.3) is 16.7 Å². The average Bonchev–Trinajstić information content (AvgIpc) is 3.21. The average molecular weight is 672 g/mol. The van der Waals surface area contributed by atoms with Gasteiger partial charge in [0.1, 0.15) is 5.66 Å².